The van der Waals surface area contributed by atoms with E-state index < -0.39 is 0 Å². The molecule has 150 valence electrons. The summed E-state index contributed by atoms with van der Waals surface area (Å²) in [7, 11) is 0. The van der Waals surface area contributed by atoms with Crippen molar-refractivity contribution in [1.29, 1.82) is 0 Å². The molecule has 4 heteroatoms. The first kappa shape index (κ1) is 21.5. The van der Waals surface area contributed by atoms with Crippen LogP contribution in [0.25, 0.3) is 5.70 Å². The fraction of sp³-hybridized carbons (Fsp3) is 0.375. The van der Waals surface area contributed by atoms with Crippen molar-refractivity contribution in [2.24, 2.45) is 4.99 Å². The van der Waals surface area contributed by atoms with Crippen molar-refractivity contribution in [2.75, 3.05) is 19.8 Å². The Labute approximate surface area is 169 Å². The highest BCUT2D eigenvalue weighted by atomic mass is 16.5. The van der Waals surface area contributed by atoms with Crippen LogP contribution in [0.1, 0.15) is 45.1 Å². The fourth-order valence-electron chi connectivity index (χ4n) is 2.90. The molecule has 0 aromatic heterocycles. The number of unbranched alkanes of at least 4 members (excludes halogenated alkanes) is 3. The summed E-state index contributed by atoms with van der Waals surface area (Å²) in [6.45, 7) is 9.90. The zero-order chi connectivity index (χ0) is 20.0. The van der Waals surface area contributed by atoms with Crippen LogP contribution in [0, 0.1) is 0 Å². The van der Waals surface area contributed by atoms with Crippen LogP contribution in [0.4, 0.5) is 5.69 Å². The van der Waals surface area contributed by atoms with Gasteiger partial charge in [-0.2, -0.15) is 0 Å². The molecule has 0 aliphatic carbocycles. The average molecular weight is 381 g/mol. The number of nitrogens with one attached hydrogen (secondary N) is 1. The van der Waals surface area contributed by atoms with Crippen LogP contribution in [0.5, 0.6) is 11.5 Å². The van der Waals surface area contributed by atoms with Crippen LogP contribution in [0.15, 0.2) is 59.6 Å². The molecule has 0 atom stereocenters. The molecule has 0 radical (unpaired) electrons. The van der Waals surface area contributed by atoms with Gasteiger partial charge in [-0.25, -0.2) is 0 Å². The molecule has 0 aliphatic heterocycles. The first-order chi connectivity index (χ1) is 13.8. The molecule has 1 N–H and O–H groups in total. The highest BCUT2D eigenvalue weighted by Gasteiger charge is 2.05. The summed E-state index contributed by atoms with van der Waals surface area (Å²) < 4.78 is 11.6. The van der Waals surface area contributed by atoms with Crippen molar-refractivity contribution in [3.8, 4) is 11.5 Å². The number of hydrogen-bond donors (Lipinski definition) is 1. The monoisotopic (exact) mass is 380 g/mol. The summed E-state index contributed by atoms with van der Waals surface area (Å²) in [5, 5.41) is 3.41. The van der Waals surface area contributed by atoms with E-state index in [2.05, 4.69) is 24.0 Å². The number of ether oxygens (including phenoxy) is 2. The van der Waals surface area contributed by atoms with Gasteiger partial charge in [-0.3, -0.25) is 4.99 Å². The van der Waals surface area contributed by atoms with Gasteiger partial charge in [0.15, 0.2) is 0 Å². The first-order valence-electron chi connectivity index (χ1n) is 10.1. The lowest BCUT2D eigenvalue weighted by molar-refractivity contribution is 0.301. The first-order valence-corrected chi connectivity index (χ1v) is 10.1. The van der Waals surface area contributed by atoms with E-state index in [1.807, 2.05) is 61.5 Å². The summed E-state index contributed by atoms with van der Waals surface area (Å²) in [6, 6.07) is 15.8. The molecule has 0 saturated heterocycles. The number of benzene rings is 2. The molecular formula is C24H32N2O2. The molecule has 2 aromatic rings. The normalized spacial score (nSPS) is 11.1. The van der Waals surface area contributed by atoms with Gasteiger partial charge in [0.2, 0.25) is 0 Å². The maximum absolute atomic E-state index is 5.82. The maximum Gasteiger partial charge on any atom is 0.119 e. The second kappa shape index (κ2) is 12.6. The van der Waals surface area contributed by atoms with Crippen molar-refractivity contribution >= 4 is 18.1 Å². The second-order valence-electron chi connectivity index (χ2n) is 6.53. The Morgan fingerprint density at radius 2 is 1.64 bits per heavy atom. The number of aliphatic imine (C=N–C) groups is 1. The quantitative estimate of drug-likeness (QED) is 0.342. The molecular weight excluding hydrogens is 348 g/mol. The molecule has 28 heavy (non-hydrogen) atoms. The minimum absolute atomic E-state index is 0.568. The Bertz CT molecular complexity index is 739. The third-order valence-corrected chi connectivity index (χ3v) is 4.43. The molecule has 0 bridgehead atoms. The van der Waals surface area contributed by atoms with Crippen molar-refractivity contribution in [3.63, 3.8) is 0 Å². The molecule has 0 unspecified atom stereocenters. The summed E-state index contributed by atoms with van der Waals surface area (Å²) in [5.41, 5.74) is 2.94. The summed E-state index contributed by atoms with van der Waals surface area (Å²) in [6.07, 6.45) is 6.89. The van der Waals surface area contributed by atoms with E-state index in [0.29, 0.717) is 13.2 Å². The van der Waals surface area contributed by atoms with Gasteiger partial charge in [0.1, 0.15) is 18.1 Å². The second-order valence-corrected chi connectivity index (χ2v) is 6.53. The van der Waals surface area contributed by atoms with E-state index in [1.54, 1.807) is 0 Å². The number of para-hydroxylation sites is 1. The standard InChI is InChI=1S/C24H32N2O2/c1-4-6-7-10-18-27-20-13-15-21(16-14-20)28-19-17-26-23(5-2)22-11-8-9-12-24(22)25-3/h5,8-9,11-16,26H,3-4,6-7,10,17-19H2,1-2H3/b23-5+. The van der Waals surface area contributed by atoms with Crippen molar-refractivity contribution in [1.82, 2.24) is 5.32 Å². The molecule has 2 aromatic carbocycles. The molecule has 0 heterocycles. The van der Waals surface area contributed by atoms with E-state index in [9.17, 15) is 0 Å². The maximum atomic E-state index is 5.82. The third-order valence-electron chi connectivity index (χ3n) is 4.43. The molecule has 0 amide bonds. The van der Waals surface area contributed by atoms with E-state index >= 15 is 0 Å². The zero-order valence-electron chi connectivity index (χ0n) is 17.1. The lowest BCUT2D eigenvalue weighted by Gasteiger charge is -2.14. The van der Waals surface area contributed by atoms with Gasteiger partial charge in [0.05, 0.1) is 12.3 Å². The molecule has 4 nitrogen and oxygen atoms in total. The van der Waals surface area contributed by atoms with E-state index in [-0.39, 0.29) is 0 Å². The predicted octanol–water partition coefficient (Wildman–Crippen LogP) is 6.01. The molecule has 0 fully saturated rings. The minimum atomic E-state index is 0.568. The number of rotatable bonds is 13. The van der Waals surface area contributed by atoms with Crippen LogP contribution < -0.4 is 14.8 Å². The minimum Gasteiger partial charge on any atom is -0.494 e. The topological polar surface area (TPSA) is 42.9 Å². The van der Waals surface area contributed by atoms with Gasteiger partial charge < -0.3 is 14.8 Å². The number of hydrogen-bond acceptors (Lipinski definition) is 4. The highest BCUT2D eigenvalue weighted by Crippen LogP contribution is 2.24. The van der Waals surface area contributed by atoms with Crippen LogP contribution >= 0.6 is 0 Å². The third kappa shape index (κ3) is 7.10. The highest BCUT2D eigenvalue weighted by molar-refractivity contribution is 5.74. The summed E-state index contributed by atoms with van der Waals surface area (Å²) in [4.78, 5) is 4.09. The Hall–Kier alpha value is -2.75. The zero-order valence-corrected chi connectivity index (χ0v) is 17.1. The lowest BCUT2D eigenvalue weighted by atomic mass is 10.1. The Kier molecular flexibility index (Phi) is 9.70. The largest absolute Gasteiger partial charge is 0.494 e. The fourth-order valence-corrected chi connectivity index (χ4v) is 2.90. The summed E-state index contributed by atoms with van der Waals surface area (Å²) in [5.74, 6) is 1.74. The number of nitrogens with zero attached hydrogens (tertiary/aromatic N) is 1. The van der Waals surface area contributed by atoms with Crippen molar-refractivity contribution in [3.05, 3.63) is 60.2 Å². The Balaban J connectivity index is 1.73. The Morgan fingerprint density at radius 1 is 0.964 bits per heavy atom. The van der Waals surface area contributed by atoms with Gasteiger partial charge in [-0.15, -0.1) is 0 Å². The molecule has 2 rings (SSSR count). The average Bonchev–Trinajstić information content (AvgIpc) is 2.74. The van der Waals surface area contributed by atoms with Crippen molar-refractivity contribution in [2.45, 2.75) is 39.5 Å². The lowest BCUT2D eigenvalue weighted by Crippen LogP contribution is -2.19. The molecule has 0 aliphatic rings. The Morgan fingerprint density at radius 3 is 2.29 bits per heavy atom. The van der Waals surface area contributed by atoms with Crippen LogP contribution in [0.3, 0.4) is 0 Å². The van der Waals surface area contributed by atoms with Crippen LogP contribution in [0.2, 0.25) is 0 Å². The summed E-state index contributed by atoms with van der Waals surface area (Å²) >= 11 is 0. The molecule has 0 saturated carbocycles. The van der Waals surface area contributed by atoms with Gasteiger partial charge in [0.25, 0.3) is 0 Å². The molecule has 0 spiro atoms. The SMILES string of the molecule is C=Nc1ccccc1/C(=C\C)NCCOc1ccc(OCCCCCC)cc1. The van der Waals surface area contributed by atoms with E-state index in [0.717, 1.165) is 41.5 Å². The smallest absolute Gasteiger partial charge is 0.119 e. The van der Waals surface area contributed by atoms with E-state index in [1.165, 1.54) is 19.3 Å². The van der Waals surface area contributed by atoms with Gasteiger partial charge in [-0.1, -0.05) is 50.5 Å². The van der Waals surface area contributed by atoms with Gasteiger partial charge >= 0.3 is 0 Å². The van der Waals surface area contributed by atoms with E-state index in [4.69, 9.17) is 9.47 Å². The van der Waals surface area contributed by atoms with Crippen LogP contribution in [-0.2, 0) is 0 Å². The predicted molar refractivity (Wildman–Crippen MR) is 119 cm³/mol. The van der Waals surface area contributed by atoms with Gasteiger partial charge in [-0.05, 0) is 50.4 Å². The van der Waals surface area contributed by atoms with Gasteiger partial charge in [0, 0.05) is 17.8 Å². The number of allylic oxidation sites excluding steroid dienone is 1. The van der Waals surface area contributed by atoms with Crippen LogP contribution in [-0.4, -0.2) is 26.5 Å². The van der Waals surface area contributed by atoms with Crippen molar-refractivity contribution < 1.29 is 9.47 Å².